The number of benzene rings is 2. The molecule has 1 aliphatic carbocycles. The molecular weight excluding hydrogens is 410 g/mol. The summed E-state index contributed by atoms with van der Waals surface area (Å²) >= 11 is 24.4. The Morgan fingerprint density at radius 1 is 0.692 bits per heavy atom. The van der Waals surface area contributed by atoms with Crippen molar-refractivity contribution in [2.45, 2.75) is 25.7 Å². The third-order valence-electron chi connectivity index (χ3n) is 4.31. The molecule has 5 heteroatoms. The number of carbonyl (C=O) groups is 1. The molecule has 0 N–H and O–H groups in total. The highest BCUT2D eigenvalue weighted by Gasteiger charge is 2.19. The Morgan fingerprint density at radius 2 is 1.12 bits per heavy atom. The average molecular weight is 426 g/mol. The van der Waals surface area contributed by atoms with Crippen LogP contribution in [0.1, 0.15) is 36.8 Å². The van der Waals surface area contributed by atoms with Crippen molar-refractivity contribution in [3.05, 3.63) is 78.8 Å². The van der Waals surface area contributed by atoms with E-state index in [1.54, 1.807) is 24.3 Å². The highest BCUT2D eigenvalue weighted by molar-refractivity contribution is 6.36. The predicted octanol–water partition coefficient (Wildman–Crippen LogP) is 7.91. The molecule has 0 radical (unpaired) electrons. The minimum atomic E-state index is 0.0412. The van der Waals surface area contributed by atoms with Gasteiger partial charge in [-0.15, -0.1) is 0 Å². The first-order valence-electron chi connectivity index (χ1n) is 8.30. The third-order valence-corrected chi connectivity index (χ3v) is 5.43. The monoisotopic (exact) mass is 424 g/mol. The van der Waals surface area contributed by atoms with E-state index >= 15 is 0 Å². The number of hydrogen-bond donors (Lipinski definition) is 0. The van der Waals surface area contributed by atoms with Gasteiger partial charge in [-0.05, 0) is 73.2 Å². The Balaban J connectivity index is 1.97. The fourth-order valence-electron chi connectivity index (χ4n) is 2.95. The van der Waals surface area contributed by atoms with Gasteiger partial charge in [0.1, 0.15) is 0 Å². The van der Waals surface area contributed by atoms with Crippen LogP contribution in [0.15, 0.2) is 47.5 Å². The molecule has 26 heavy (non-hydrogen) atoms. The largest absolute Gasteiger partial charge is 0.289 e. The molecule has 134 valence electrons. The van der Waals surface area contributed by atoms with Crippen LogP contribution in [0.2, 0.25) is 20.1 Å². The van der Waals surface area contributed by atoms with Crippen molar-refractivity contribution in [2.24, 2.45) is 0 Å². The highest BCUT2D eigenvalue weighted by Crippen LogP contribution is 2.31. The second-order valence-electron chi connectivity index (χ2n) is 6.21. The number of hydrogen-bond acceptors (Lipinski definition) is 1. The van der Waals surface area contributed by atoms with Crippen molar-refractivity contribution < 1.29 is 4.79 Å². The first-order valence-corrected chi connectivity index (χ1v) is 9.81. The lowest BCUT2D eigenvalue weighted by molar-refractivity contribution is -0.112. The summed E-state index contributed by atoms with van der Waals surface area (Å²) in [6.45, 7) is 0. The summed E-state index contributed by atoms with van der Waals surface area (Å²) < 4.78 is 0. The van der Waals surface area contributed by atoms with Crippen molar-refractivity contribution in [1.29, 1.82) is 0 Å². The van der Waals surface area contributed by atoms with Crippen LogP contribution in [0.5, 0.6) is 0 Å². The summed E-state index contributed by atoms with van der Waals surface area (Å²) in [4.78, 5) is 13.0. The molecule has 0 heterocycles. The van der Waals surface area contributed by atoms with Gasteiger partial charge in [-0.2, -0.15) is 0 Å². The quantitative estimate of drug-likeness (QED) is 0.352. The maximum atomic E-state index is 13.0. The molecule has 1 nitrogen and oxygen atoms in total. The molecular formula is C21H16Cl4O. The van der Waals surface area contributed by atoms with Crippen molar-refractivity contribution in [3.8, 4) is 0 Å². The van der Waals surface area contributed by atoms with E-state index in [1.807, 2.05) is 24.3 Å². The minimum absolute atomic E-state index is 0.0412. The van der Waals surface area contributed by atoms with Crippen LogP contribution in [-0.2, 0) is 4.79 Å². The summed E-state index contributed by atoms with van der Waals surface area (Å²) in [5, 5.41) is 2.21. The van der Waals surface area contributed by atoms with E-state index < -0.39 is 0 Å². The number of Topliss-reactive ketones (excluding diaryl/α,β-unsaturated/α-hetero) is 1. The van der Waals surface area contributed by atoms with Crippen LogP contribution in [0, 0.1) is 0 Å². The number of ketones is 1. The fraction of sp³-hybridized carbons (Fsp3) is 0.190. The molecule has 3 rings (SSSR count). The van der Waals surface area contributed by atoms with E-state index in [-0.39, 0.29) is 5.78 Å². The fourth-order valence-corrected chi connectivity index (χ4v) is 3.88. The Kier molecular flexibility index (Phi) is 6.47. The molecule has 0 unspecified atom stereocenters. The SMILES string of the molecule is O=C1/C(=C\c2ccc(Cl)cc2Cl)CCCC/C1=C\c1ccc(Cl)cc1Cl. The van der Waals surface area contributed by atoms with Crippen molar-refractivity contribution >= 4 is 64.3 Å². The lowest BCUT2D eigenvalue weighted by Gasteiger charge is -2.07. The first-order chi connectivity index (χ1) is 12.4. The van der Waals surface area contributed by atoms with Gasteiger partial charge in [0.2, 0.25) is 0 Å². The van der Waals surface area contributed by atoms with Gasteiger partial charge in [0.25, 0.3) is 0 Å². The van der Waals surface area contributed by atoms with E-state index in [1.165, 1.54) is 0 Å². The summed E-state index contributed by atoms with van der Waals surface area (Å²) in [7, 11) is 0. The van der Waals surface area contributed by atoms with Crippen molar-refractivity contribution in [1.82, 2.24) is 0 Å². The van der Waals surface area contributed by atoms with Gasteiger partial charge in [0.05, 0.1) is 0 Å². The molecule has 1 saturated carbocycles. The van der Waals surface area contributed by atoms with Gasteiger partial charge in [-0.25, -0.2) is 0 Å². The Bertz CT molecular complexity index is 839. The second-order valence-corrected chi connectivity index (χ2v) is 7.89. The molecule has 1 aliphatic rings. The summed E-state index contributed by atoms with van der Waals surface area (Å²) in [6, 6.07) is 10.6. The lowest BCUT2D eigenvalue weighted by atomic mass is 9.98. The van der Waals surface area contributed by atoms with Crippen molar-refractivity contribution in [2.75, 3.05) is 0 Å². The van der Waals surface area contributed by atoms with Crippen LogP contribution in [0.4, 0.5) is 0 Å². The van der Waals surface area contributed by atoms with Gasteiger partial charge in [-0.1, -0.05) is 58.5 Å². The van der Waals surface area contributed by atoms with Gasteiger partial charge in [-0.3, -0.25) is 4.79 Å². The van der Waals surface area contributed by atoms with E-state index in [0.29, 0.717) is 20.1 Å². The lowest BCUT2D eigenvalue weighted by Crippen LogP contribution is -2.04. The predicted molar refractivity (Wildman–Crippen MR) is 112 cm³/mol. The molecule has 0 amide bonds. The average Bonchev–Trinajstić information content (AvgIpc) is 2.75. The maximum Gasteiger partial charge on any atom is 0.185 e. The molecule has 0 aliphatic heterocycles. The van der Waals surface area contributed by atoms with Gasteiger partial charge >= 0.3 is 0 Å². The zero-order valence-electron chi connectivity index (χ0n) is 13.9. The second kappa shape index (κ2) is 8.63. The zero-order valence-corrected chi connectivity index (χ0v) is 16.9. The smallest absolute Gasteiger partial charge is 0.185 e. The Hall–Kier alpha value is -1.25. The van der Waals surface area contributed by atoms with Gasteiger partial charge in [0, 0.05) is 31.2 Å². The summed E-state index contributed by atoms with van der Waals surface area (Å²) in [5.74, 6) is 0.0412. The molecule has 0 spiro atoms. The maximum absolute atomic E-state index is 13.0. The van der Waals surface area contributed by atoms with Crippen LogP contribution in [0.25, 0.3) is 12.2 Å². The van der Waals surface area contributed by atoms with E-state index in [2.05, 4.69) is 0 Å². The first kappa shape index (κ1) is 19.5. The third kappa shape index (κ3) is 4.72. The molecule has 0 atom stereocenters. The Labute approximate surface area is 173 Å². The van der Waals surface area contributed by atoms with Crippen molar-refractivity contribution in [3.63, 3.8) is 0 Å². The standard InChI is InChI=1S/C21H16Cl4O/c22-17-7-5-13(19(24)11-17)9-15-3-1-2-4-16(21(15)26)10-14-6-8-18(23)12-20(14)25/h5-12H,1-4H2/b15-9-,16-10+. The molecule has 0 aromatic heterocycles. The normalized spacial score (nSPS) is 18.4. The van der Waals surface area contributed by atoms with Crippen LogP contribution in [-0.4, -0.2) is 5.78 Å². The van der Waals surface area contributed by atoms with Crippen LogP contribution in [0.3, 0.4) is 0 Å². The minimum Gasteiger partial charge on any atom is -0.289 e. The van der Waals surface area contributed by atoms with Gasteiger partial charge in [0.15, 0.2) is 5.78 Å². The summed E-state index contributed by atoms with van der Waals surface area (Å²) in [6.07, 6.45) is 7.09. The number of carbonyl (C=O) groups excluding carboxylic acids is 1. The van der Waals surface area contributed by atoms with Crippen LogP contribution < -0.4 is 0 Å². The summed E-state index contributed by atoms with van der Waals surface area (Å²) in [5.41, 5.74) is 3.10. The number of halogens is 4. The zero-order chi connectivity index (χ0) is 18.7. The van der Waals surface area contributed by atoms with Gasteiger partial charge < -0.3 is 0 Å². The van der Waals surface area contributed by atoms with E-state index in [9.17, 15) is 4.79 Å². The van der Waals surface area contributed by atoms with Crippen LogP contribution >= 0.6 is 46.4 Å². The number of allylic oxidation sites excluding steroid dienone is 2. The van der Waals surface area contributed by atoms with E-state index in [4.69, 9.17) is 46.4 Å². The van der Waals surface area contributed by atoms with E-state index in [0.717, 1.165) is 48.0 Å². The number of rotatable bonds is 2. The molecule has 2 aromatic rings. The highest BCUT2D eigenvalue weighted by atomic mass is 35.5. The topological polar surface area (TPSA) is 17.1 Å². The molecule has 2 aromatic carbocycles. The molecule has 1 fully saturated rings. The Morgan fingerprint density at radius 3 is 1.50 bits per heavy atom. The molecule has 0 saturated heterocycles. The molecule has 0 bridgehead atoms.